The number of hydrogen-bond acceptors (Lipinski definition) is 4. The van der Waals surface area contributed by atoms with Crippen LogP contribution in [0.15, 0.2) is 67.0 Å². The van der Waals surface area contributed by atoms with Crippen LogP contribution < -0.4 is 5.73 Å². The number of pyridine rings is 2. The Bertz CT molecular complexity index is 1240. The average Bonchev–Trinajstić information content (AvgIpc) is 2.73. The standard InChI is InChI=1S/C25H22FN3O2/c1-15-9-18(23(30)10-16-3-2-8-28-14-16)11-22-25(15)21(12-20(29-22)13-24(27)31)17-4-6-19(26)7-5-17/h2-9,11-12,14,23,30H,10,13H2,1H3,(H2,27,31). The monoisotopic (exact) mass is 415 g/mol. The Balaban J connectivity index is 1.84. The molecule has 2 aromatic carbocycles. The molecule has 0 aliphatic heterocycles. The second-order valence-electron chi connectivity index (χ2n) is 7.62. The molecule has 0 spiro atoms. The van der Waals surface area contributed by atoms with Gasteiger partial charge in [-0.15, -0.1) is 0 Å². The summed E-state index contributed by atoms with van der Waals surface area (Å²) in [5, 5.41) is 11.7. The minimum absolute atomic E-state index is 0.00829. The van der Waals surface area contributed by atoms with Crippen molar-refractivity contribution in [3.63, 3.8) is 0 Å². The molecule has 5 nitrogen and oxygen atoms in total. The van der Waals surface area contributed by atoms with Gasteiger partial charge in [0.1, 0.15) is 5.82 Å². The number of carbonyl (C=O) groups is 1. The molecule has 0 aliphatic rings. The van der Waals surface area contributed by atoms with Crippen molar-refractivity contribution in [2.75, 3.05) is 0 Å². The van der Waals surface area contributed by atoms with Gasteiger partial charge in [-0.2, -0.15) is 0 Å². The number of halogens is 1. The molecular formula is C25H22FN3O2. The Morgan fingerprint density at radius 1 is 1.16 bits per heavy atom. The number of nitrogens with zero attached hydrogens (tertiary/aromatic N) is 2. The van der Waals surface area contributed by atoms with Gasteiger partial charge in [0.05, 0.1) is 23.7 Å². The first-order valence-electron chi connectivity index (χ1n) is 9.96. The van der Waals surface area contributed by atoms with E-state index < -0.39 is 12.0 Å². The lowest BCUT2D eigenvalue weighted by atomic mass is 9.93. The van der Waals surface area contributed by atoms with Crippen molar-refractivity contribution in [3.8, 4) is 11.1 Å². The highest BCUT2D eigenvalue weighted by atomic mass is 19.1. The number of primary amides is 1. The highest BCUT2D eigenvalue weighted by molar-refractivity contribution is 5.98. The summed E-state index contributed by atoms with van der Waals surface area (Å²) < 4.78 is 13.5. The van der Waals surface area contributed by atoms with Gasteiger partial charge in [0.2, 0.25) is 5.91 Å². The highest BCUT2D eigenvalue weighted by Gasteiger charge is 2.16. The zero-order chi connectivity index (χ0) is 22.0. The molecule has 4 rings (SSSR count). The van der Waals surface area contributed by atoms with Gasteiger partial charge in [0.15, 0.2) is 0 Å². The average molecular weight is 415 g/mol. The van der Waals surface area contributed by atoms with Gasteiger partial charge in [-0.3, -0.25) is 14.8 Å². The number of aryl methyl sites for hydroxylation is 1. The summed E-state index contributed by atoms with van der Waals surface area (Å²) in [6, 6.07) is 15.5. The zero-order valence-electron chi connectivity index (χ0n) is 17.0. The van der Waals surface area contributed by atoms with Crippen molar-refractivity contribution in [2.45, 2.75) is 25.9 Å². The number of nitrogens with two attached hydrogens (primary N) is 1. The summed E-state index contributed by atoms with van der Waals surface area (Å²) in [6.07, 6.45) is 3.10. The van der Waals surface area contributed by atoms with Crippen LogP contribution in [0.3, 0.4) is 0 Å². The zero-order valence-corrected chi connectivity index (χ0v) is 17.0. The topological polar surface area (TPSA) is 89.1 Å². The molecule has 2 heterocycles. The minimum Gasteiger partial charge on any atom is -0.388 e. The largest absolute Gasteiger partial charge is 0.388 e. The lowest BCUT2D eigenvalue weighted by Gasteiger charge is -2.16. The molecule has 0 fully saturated rings. The molecule has 0 aliphatic carbocycles. The number of benzene rings is 2. The maximum atomic E-state index is 13.5. The fourth-order valence-corrected chi connectivity index (χ4v) is 3.84. The molecule has 0 bridgehead atoms. The third-order valence-electron chi connectivity index (χ3n) is 5.23. The van der Waals surface area contributed by atoms with Crippen molar-refractivity contribution >= 4 is 16.8 Å². The Hall–Kier alpha value is -3.64. The third-order valence-corrected chi connectivity index (χ3v) is 5.23. The molecule has 1 amide bonds. The number of carbonyl (C=O) groups excluding carboxylic acids is 1. The van der Waals surface area contributed by atoms with Crippen molar-refractivity contribution in [1.82, 2.24) is 9.97 Å². The highest BCUT2D eigenvalue weighted by Crippen LogP contribution is 2.34. The Morgan fingerprint density at radius 3 is 2.61 bits per heavy atom. The molecule has 0 radical (unpaired) electrons. The van der Waals surface area contributed by atoms with Gasteiger partial charge in [-0.1, -0.05) is 24.3 Å². The van der Waals surface area contributed by atoms with Crippen LogP contribution in [0.1, 0.15) is 28.5 Å². The first-order valence-corrected chi connectivity index (χ1v) is 9.96. The lowest BCUT2D eigenvalue weighted by molar-refractivity contribution is -0.117. The number of aromatic nitrogens is 2. The van der Waals surface area contributed by atoms with Crippen molar-refractivity contribution in [3.05, 3.63) is 95.2 Å². The Kier molecular flexibility index (Phi) is 5.73. The molecule has 31 heavy (non-hydrogen) atoms. The van der Waals surface area contributed by atoms with Crippen LogP contribution in [0, 0.1) is 12.7 Å². The summed E-state index contributed by atoms with van der Waals surface area (Å²) >= 11 is 0. The van der Waals surface area contributed by atoms with Crippen LogP contribution in [0.4, 0.5) is 4.39 Å². The second-order valence-corrected chi connectivity index (χ2v) is 7.62. The van der Waals surface area contributed by atoms with Gasteiger partial charge >= 0.3 is 0 Å². The van der Waals surface area contributed by atoms with Crippen molar-refractivity contribution in [1.29, 1.82) is 0 Å². The summed E-state index contributed by atoms with van der Waals surface area (Å²) in [7, 11) is 0. The molecule has 2 aromatic heterocycles. The van der Waals surface area contributed by atoms with E-state index in [4.69, 9.17) is 5.73 Å². The number of hydrogen-bond donors (Lipinski definition) is 2. The SMILES string of the molecule is Cc1cc(C(O)Cc2cccnc2)cc2nc(CC(N)=O)cc(-c3ccc(F)cc3)c12. The predicted molar refractivity (Wildman–Crippen MR) is 118 cm³/mol. The minimum atomic E-state index is -0.733. The first-order chi connectivity index (χ1) is 14.9. The fraction of sp³-hybridized carbons (Fsp3) is 0.160. The maximum Gasteiger partial charge on any atom is 0.223 e. The van der Waals surface area contributed by atoms with Crippen LogP contribution in [0.25, 0.3) is 22.0 Å². The second kappa shape index (κ2) is 8.62. The van der Waals surface area contributed by atoms with Crippen LogP contribution in [0.2, 0.25) is 0 Å². The fourth-order valence-electron chi connectivity index (χ4n) is 3.84. The van der Waals surface area contributed by atoms with Crippen LogP contribution >= 0.6 is 0 Å². The van der Waals surface area contributed by atoms with E-state index in [9.17, 15) is 14.3 Å². The first kappa shape index (κ1) is 20.6. The van der Waals surface area contributed by atoms with Gasteiger partial charge in [-0.25, -0.2) is 4.39 Å². The van der Waals surface area contributed by atoms with Crippen LogP contribution in [0.5, 0.6) is 0 Å². The van der Waals surface area contributed by atoms with Gasteiger partial charge in [-0.05, 0) is 65.1 Å². The number of amides is 1. The number of rotatable bonds is 6. The molecule has 0 saturated heterocycles. The molecule has 3 N–H and O–H groups in total. The molecule has 156 valence electrons. The molecule has 1 unspecified atom stereocenters. The lowest BCUT2D eigenvalue weighted by Crippen LogP contribution is -2.14. The maximum absolute atomic E-state index is 13.5. The molecule has 0 saturated carbocycles. The number of aliphatic hydroxyl groups excluding tert-OH is 1. The quantitative estimate of drug-likeness (QED) is 0.497. The smallest absolute Gasteiger partial charge is 0.223 e. The van der Waals surface area contributed by atoms with Crippen LogP contribution in [-0.4, -0.2) is 21.0 Å². The Morgan fingerprint density at radius 2 is 1.94 bits per heavy atom. The van der Waals surface area contributed by atoms with Gasteiger partial charge in [0, 0.05) is 24.2 Å². The number of aliphatic hydroxyl groups is 1. The van der Waals surface area contributed by atoms with E-state index >= 15 is 0 Å². The van der Waals surface area contributed by atoms with Crippen molar-refractivity contribution < 1.29 is 14.3 Å². The Labute approximate surface area is 179 Å². The van der Waals surface area contributed by atoms with Gasteiger partial charge in [0.25, 0.3) is 0 Å². The normalized spacial score (nSPS) is 12.1. The summed E-state index contributed by atoms with van der Waals surface area (Å²) in [5.74, 6) is -0.807. The molecular weight excluding hydrogens is 393 g/mol. The van der Waals surface area contributed by atoms with Gasteiger partial charge < -0.3 is 10.8 Å². The van der Waals surface area contributed by atoms with Crippen LogP contribution in [-0.2, 0) is 17.6 Å². The van der Waals surface area contributed by atoms with E-state index in [2.05, 4.69) is 9.97 Å². The predicted octanol–water partition coefficient (Wildman–Crippen LogP) is 4.05. The molecule has 1 atom stereocenters. The third kappa shape index (κ3) is 4.59. The van der Waals surface area contributed by atoms with E-state index in [0.717, 1.165) is 33.2 Å². The molecule has 6 heteroatoms. The summed E-state index contributed by atoms with van der Waals surface area (Å²) in [6.45, 7) is 1.95. The molecule has 4 aromatic rings. The number of fused-ring (bicyclic) bond motifs is 1. The summed E-state index contributed by atoms with van der Waals surface area (Å²) in [4.78, 5) is 20.3. The summed E-state index contributed by atoms with van der Waals surface area (Å²) in [5.41, 5.74) is 10.8. The van der Waals surface area contributed by atoms with E-state index in [1.807, 2.05) is 37.3 Å². The van der Waals surface area contributed by atoms with E-state index in [1.54, 1.807) is 24.5 Å². The van der Waals surface area contributed by atoms with E-state index in [-0.39, 0.29) is 12.2 Å². The van der Waals surface area contributed by atoms with E-state index in [1.165, 1.54) is 12.1 Å². The van der Waals surface area contributed by atoms with Crippen molar-refractivity contribution in [2.24, 2.45) is 5.73 Å². The van der Waals surface area contributed by atoms with E-state index in [0.29, 0.717) is 17.6 Å².